The Balaban J connectivity index is 1.87. The number of fused-ring (bicyclic) bond motifs is 1. The fourth-order valence-electron chi connectivity index (χ4n) is 3.23. The van der Waals surface area contributed by atoms with Crippen molar-refractivity contribution in [3.8, 4) is 11.5 Å². The topological polar surface area (TPSA) is 51.7 Å². The van der Waals surface area contributed by atoms with Gasteiger partial charge in [-0.2, -0.15) is 0 Å². The molecule has 0 aliphatic carbocycles. The van der Waals surface area contributed by atoms with E-state index < -0.39 is 11.7 Å². The van der Waals surface area contributed by atoms with E-state index >= 15 is 0 Å². The first-order valence-corrected chi connectivity index (χ1v) is 11.3. The second-order valence-corrected chi connectivity index (χ2v) is 8.14. The van der Waals surface area contributed by atoms with Gasteiger partial charge in [0.05, 0.1) is 39.7 Å². The van der Waals surface area contributed by atoms with Crippen molar-refractivity contribution >= 4 is 49.9 Å². The van der Waals surface area contributed by atoms with Gasteiger partial charge >= 0.3 is 0 Å². The summed E-state index contributed by atoms with van der Waals surface area (Å²) in [5, 5.41) is 0.486. The molecule has 0 bridgehead atoms. The first-order chi connectivity index (χ1) is 15.5. The highest BCUT2D eigenvalue weighted by Crippen LogP contribution is 2.39. The van der Waals surface area contributed by atoms with Crippen LogP contribution >= 0.6 is 22.9 Å². The normalized spacial score (nSPS) is 10.9. The second-order valence-electron chi connectivity index (χ2n) is 6.73. The summed E-state index contributed by atoms with van der Waals surface area (Å²) >= 11 is 7.59. The maximum Gasteiger partial charge on any atom is 0.266 e. The molecule has 0 radical (unpaired) electrons. The van der Waals surface area contributed by atoms with Gasteiger partial charge in [0.25, 0.3) is 5.91 Å². The summed E-state index contributed by atoms with van der Waals surface area (Å²) < 4.78 is 25.9. The van der Waals surface area contributed by atoms with Gasteiger partial charge in [-0.25, -0.2) is 9.37 Å². The largest absolute Gasteiger partial charge is 0.490 e. The van der Waals surface area contributed by atoms with Crippen LogP contribution in [0.4, 0.5) is 15.2 Å². The van der Waals surface area contributed by atoms with Crippen molar-refractivity contribution in [2.75, 3.05) is 18.1 Å². The predicted molar refractivity (Wildman–Crippen MR) is 126 cm³/mol. The van der Waals surface area contributed by atoms with Gasteiger partial charge in [0.2, 0.25) is 0 Å². The Bertz CT molecular complexity index is 1240. The Kier molecular flexibility index (Phi) is 6.58. The maximum atomic E-state index is 13.6. The van der Waals surface area contributed by atoms with E-state index in [-0.39, 0.29) is 10.6 Å². The molecule has 3 aromatic carbocycles. The van der Waals surface area contributed by atoms with Crippen LogP contribution in [0.3, 0.4) is 0 Å². The number of benzene rings is 3. The number of carbonyl (C=O) groups is 1. The lowest BCUT2D eigenvalue weighted by Crippen LogP contribution is -2.26. The first kappa shape index (κ1) is 22.0. The van der Waals surface area contributed by atoms with Gasteiger partial charge in [-0.15, -0.1) is 0 Å². The summed E-state index contributed by atoms with van der Waals surface area (Å²) in [6, 6.07) is 16.6. The number of aromatic nitrogens is 1. The fourth-order valence-corrected chi connectivity index (χ4v) is 4.47. The van der Waals surface area contributed by atoms with Gasteiger partial charge < -0.3 is 9.47 Å². The third-order valence-electron chi connectivity index (χ3n) is 4.62. The van der Waals surface area contributed by atoms with Crippen molar-refractivity contribution < 1.29 is 18.7 Å². The van der Waals surface area contributed by atoms with Gasteiger partial charge in [-0.1, -0.05) is 35.1 Å². The highest BCUT2D eigenvalue weighted by molar-refractivity contribution is 7.22. The molecule has 4 aromatic rings. The number of thiazole rings is 1. The number of para-hydroxylation sites is 1. The summed E-state index contributed by atoms with van der Waals surface area (Å²) in [5.74, 6) is 0.143. The molecule has 0 saturated heterocycles. The van der Waals surface area contributed by atoms with E-state index in [1.807, 2.05) is 38.1 Å². The Labute approximate surface area is 194 Å². The maximum absolute atomic E-state index is 13.6. The predicted octanol–water partition coefficient (Wildman–Crippen LogP) is 6.86. The van der Waals surface area contributed by atoms with E-state index in [4.69, 9.17) is 21.1 Å². The van der Waals surface area contributed by atoms with E-state index in [1.165, 1.54) is 28.4 Å². The number of nitrogens with zero attached hydrogens (tertiary/aromatic N) is 2. The Morgan fingerprint density at radius 1 is 1.03 bits per heavy atom. The van der Waals surface area contributed by atoms with Gasteiger partial charge in [0.1, 0.15) is 5.82 Å². The number of carbonyl (C=O) groups excluding carboxylic acids is 1. The van der Waals surface area contributed by atoms with Crippen LogP contribution in [0.25, 0.3) is 10.2 Å². The molecular formula is C24H20ClFN2O3S. The van der Waals surface area contributed by atoms with Crippen LogP contribution in [0.2, 0.25) is 5.02 Å². The second kappa shape index (κ2) is 9.54. The summed E-state index contributed by atoms with van der Waals surface area (Å²) in [6.45, 7) is 4.67. The average Bonchev–Trinajstić information content (AvgIpc) is 3.19. The molecule has 1 heterocycles. The number of amides is 1. The van der Waals surface area contributed by atoms with Gasteiger partial charge in [-0.3, -0.25) is 9.69 Å². The summed E-state index contributed by atoms with van der Waals surface area (Å²) in [5.41, 5.74) is 1.46. The van der Waals surface area contributed by atoms with Crippen LogP contribution < -0.4 is 14.4 Å². The Morgan fingerprint density at radius 3 is 2.50 bits per heavy atom. The SMILES string of the molecule is CCOc1ccc(N(C(=O)c2ccc(F)cc2Cl)c2nc3ccccc3s2)cc1OCC. The molecule has 0 N–H and O–H groups in total. The molecule has 0 atom stereocenters. The molecule has 4 rings (SSSR count). The number of ether oxygens (including phenoxy) is 2. The monoisotopic (exact) mass is 470 g/mol. The van der Waals surface area contributed by atoms with Gasteiger partial charge in [0, 0.05) is 6.07 Å². The fraction of sp³-hybridized carbons (Fsp3) is 0.167. The molecule has 32 heavy (non-hydrogen) atoms. The van der Waals surface area contributed by atoms with Crippen LogP contribution in [0.5, 0.6) is 11.5 Å². The van der Waals surface area contributed by atoms with Gasteiger partial charge in [-0.05, 0) is 56.3 Å². The highest BCUT2D eigenvalue weighted by Gasteiger charge is 2.26. The van der Waals surface area contributed by atoms with Crippen LogP contribution in [0.15, 0.2) is 60.7 Å². The minimum atomic E-state index is -0.516. The number of hydrogen-bond acceptors (Lipinski definition) is 5. The molecule has 0 unspecified atom stereocenters. The van der Waals surface area contributed by atoms with Crippen molar-refractivity contribution in [1.82, 2.24) is 4.98 Å². The number of rotatable bonds is 7. The van der Waals surface area contributed by atoms with Crippen LogP contribution in [0.1, 0.15) is 24.2 Å². The standard InChI is InChI=1S/C24H20ClFN2O3S/c1-3-30-20-12-10-16(14-21(20)31-4-2)28(23(29)17-11-9-15(26)13-18(17)25)24-27-19-7-5-6-8-22(19)32-24/h5-14H,3-4H2,1-2H3. The zero-order chi connectivity index (χ0) is 22.7. The number of hydrogen-bond donors (Lipinski definition) is 0. The third-order valence-corrected chi connectivity index (χ3v) is 5.96. The zero-order valence-corrected chi connectivity index (χ0v) is 19.0. The van der Waals surface area contributed by atoms with E-state index in [1.54, 1.807) is 18.2 Å². The van der Waals surface area contributed by atoms with Crippen molar-refractivity contribution in [2.24, 2.45) is 0 Å². The minimum Gasteiger partial charge on any atom is -0.490 e. The van der Waals surface area contributed by atoms with Crippen LogP contribution in [-0.2, 0) is 0 Å². The van der Waals surface area contributed by atoms with Gasteiger partial charge in [0.15, 0.2) is 16.6 Å². The van der Waals surface area contributed by atoms with Crippen LogP contribution in [-0.4, -0.2) is 24.1 Å². The molecule has 0 saturated carbocycles. The molecule has 0 fully saturated rings. The minimum absolute atomic E-state index is 0.0251. The lowest BCUT2D eigenvalue weighted by molar-refractivity contribution is 0.0999. The van der Waals surface area contributed by atoms with E-state index in [0.29, 0.717) is 35.5 Å². The van der Waals surface area contributed by atoms with E-state index in [2.05, 4.69) is 4.98 Å². The molecule has 1 amide bonds. The van der Waals surface area contributed by atoms with E-state index in [0.717, 1.165) is 16.3 Å². The lowest BCUT2D eigenvalue weighted by atomic mass is 10.1. The number of halogens is 2. The highest BCUT2D eigenvalue weighted by atomic mass is 35.5. The zero-order valence-electron chi connectivity index (χ0n) is 17.5. The Morgan fingerprint density at radius 2 is 1.78 bits per heavy atom. The quantitative estimate of drug-likeness (QED) is 0.296. The molecular weight excluding hydrogens is 451 g/mol. The smallest absolute Gasteiger partial charge is 0.266 e. The van der Waals surface area contributed by atoms with Crippen molar-refractivity contribution in [3.63, 3.8) is 0 Å². The summed E-state index contributed by atoms with van der Waals surface area (Å²) in [6.07, 6.45) is 0. The molecule has 164 valence electrons. The molecule has 5 nitrogen and oxygen atoms in total. The molecule has 0 spiro atoms. The van der Waals surface area contributed by atoms with Crippen molar-refractivity contribution in [2.45, 2.75) is 13.8 Å². The van der Waals surface area contributed by atoms with Crippen molar-refractivity contribution in [1.29, 1.82) is 0 Å². The molecule has 0 aliphatic rings. The molecule has 1 aromatic heterocycles. The summed E-state index contributed by atoms with van der Waals surface area (Å²) in [7, 11) is 0. The van der Waals surface area contributed by atoms with Crippen molar-refractivity contribution in [3.05, 3.63) is 77.1 Å². The molecule has 0 aliphatic heterocycles. The molecule has 8 heteroatoms. The lowest BCUT2D eigenvalue weighted by Gasteiger charge is -2.22. The Hall–Kier alpha value is -3.16. The van der Waals surface area contributed by atoms with E-state index in [9.17, 15) is 9.18 Å². The first-order valence-electron chi connectivity index (χ1n) is 10.1. The average molecular weight is 471 g/mol. The van der Waals surface area contributed by atoms with Crippen LogP contribution in [0, 0.1) is 5.82 Å². The summed E-state index contributed by atoms with van der Waals surface area (Å²) in [4.78, 5) is 19.8. The third kappa shape index (κ3) is 4.40. The number of anilines is 2.